The van der Waals surface area contributed by atoms with Gasteiger partial charge in [-0.05, 0) is 0 Å². The van der Waals surface area contributed by atoms with Crippen molar-refractivity contribution in [2.45, 2.75) is 33.1 Å². The van der Waals surface area contributed by atoms with E-state index in [4.69, 9.17) is 0 Å². The molecular weight excluding hydrogens is 274 g/mol. The van der Waals surface area contributed by atoms with Crippen LogP contribution in [0.1, 0.15) is 33.1 Å². The summed E-state index contributed by atoms with van der Waals surface area (Å²) < 4.78 is 0. The number of hydrogen-bond donors (Lipinski definition) is 0. The molecule has 2 radical (unpaired) electrons. The molecule has 0 aliphatic carbocycles. The summed E-state index contributed by atoms with van der Waals surface area (Å²) in [5.41, 5.74) is 0. The molecular formula is C8H21Y2-3. The maximum absolute atomic E-state index is 2.21. The summed E-state index contributed by atoms with van der Waals surface area (Å²) in [5.74, 6) is 0. The van der Waals surface area contributed by atoms with E-state index in [-0.39, 0.29) is 87.7 Å². The van der Waals surface area contributed by atoms with Crippen molar-refractivity contribution in [3.8, 4) is 0 Å². The Morgan fingerprint density at radius 3 is 0.900 bits per heavy atom. The molecule has 0 aromatic heterocycles. The first-order valence-electron chi connectivity index (χ1n) is 2.41. The van der Waals surface area contributed by atoms with E-state index in [9.17, 15) is 0 Å². The maximum Gasteiger partial charge on any atom is 0 e. The van der Waals surface area contributed by atoms with E-state index in [1.807, 2.05) is 0 Å². The van der Waals surface area contributed by atoms with Crippen molar-refractivity contribution in [3.63, 3.8) is 0 Å². The van der Waals surface area contributed by atoms with Gasteiger partial charge in [0.05, 0.1) is 0 Å². The molecule has 0 aromatic rings. The van der Waals surface area contributed by atoms with Gasteiger partial charge in [-0.15, -0.1) is 0 Å². The largest absolute Gasteiger partial charge is 0.358 e. The first-order chi connectivity index (χ1) is 2.41. The van der Waals surface area contributed by atoms with Gasteiger partial charge in [-0.3, -0.25) is 0 Å². The molecule has 0 amide bonds. The third-order valence-corrected chi connectivity index (χ3v) is 0.707. The van der Waals surface area contributed by atoms with Crippen LogP contribution in [0.4, 0.5) is 0 Å². The normalized spacial score (nSPS) is 4.20. The topological polar surface area (TPSA) is 0 Å². The Labute approximate surface area is 119 Å². The van der Waals surface area contributed by atoms with Crippen LogP contribution < -0.4 is 0 Å². The molecule has 0 heterocycles. The predicted octanol–water partition coefficient (Wildman–Crippen LogP) is 3.54. The number of unbranched alkanes of at least 4 members (excludes halogenated alkanes) is 2. The minimum Gasteiger partial charge on any atom is -0.358 e. The van der Waals surface area contributed by atoms with Gasteiger partial charge in [-0.25, -0.2) is 0 Å². The van der Waals surface area contributed by atoms with Gasteiger partial charge in [-0.1, -0.05) is 33.1 Å². The fourth-order valence-electron chi connectivity index (χ4n) is 0.354. The molecule has 0 atom stereocenters. The zero-order chi connectivity index (χ0) is 4.12. The molecule has 10 heavy (non-hydrogen) atoms. The van der Waals surface area contributed by atoms with E-state index in [0.29, 0.717) is 0 Å². The van der Waals surface area contributed by atoms with Crippen molar-refractivity contribution in [3.05, 3.63) is 22.3 Å². The van der Waals surface area contributed by atoms with Gasteiger partial charge in [0.15, 0.2) is 0 Å². The Morgan fingerprint density at radius 2 is 0.900 bits per heavy atom. The number of hydrogen-bond acceptors (Lipinski definition) is 0. The molecule has 0 aliphatic rings. The van der Waals surface area contributed by atoms with Crippen LogP contribution in [0.3, 0.4) is 0 Å². The van der Waals surface area contributed by atoms with Crippen LogP contribution in [0.2, 0.25) is 0 Å². The van der Waals surface area contributed by atoms with Crippen molar-refractivity contribution in [1.82, 2.24) is 0 Å². The second kappa shape index (κ2) is 43.1. The van der Waals surface area contributed by atoms with Crippen LogP contribution in [0, 0.1) is 22.3 Å². The fraction of sp³-hybridized carbons (Fsp3) is 0.625. The van der Waals surface area contributed by atoms with Gasteiger partial charge < -0.3 is 22.3 Å². The minimum absolute atomic E-state index is 0. The van der Waals surface area contributed by atoms with E-state index in [1.54, 1.807) is 0 Å². The Bertz CT molecular complexity index is 14.7. The third-order valence-electron chi connectivity index (χ3n) is 0.707. The zero-order valence-corrected chi connectivity index (χ0v) is 14.0. The molecule has 0 saturated carbocycles. The summed E-state index contributed by atoms with van der Waals surface area (Å²) in [6, 6.07) is 0. The summed E-state index contributed by atoms with van der Waals surface area (Å²) in [6.45, 7) is 4.42. The van der Waals surface area contributed by atoms with Crippen molar-refractivity contribution >= 4 is 0 Å². The zero-order valence-electron chi connectivity index (χ0n) is 8.28. The second-order valence-corrected chi connectivity index (χ2v) is 1.35. The van der Waals surface area contributed by atoms with Crippen LogP contribution in [0.5, 0.6) is 0 Å². The van der Waals surface area contributed by atoms with Gasteiger partial charge in [0.2, 0.25) is 0 Å². The second-order valence-electron chi connectivity index (χ2n) is 1.35. The fourth-order valence-corrected chi connectivity index (χ4v) is 0.354. The van der Waals surface area contributed by atoms with Crippen LogP contribution in [0.25, 0.3) is 0 Å². The van der Waals surface area contributed by atoms with E-state index in [0.717, 1.165) is 0 Å². The molecule has 0 bridgehead atoms. The Morgan fingerprint density at radius 1 is 0.700 bits per heavy atom. The predicted molar refractivity (Wildman–Crippen MR) is 44.4 cm³/mol. The molecule has 62 valence electrons. The van der Waals surface area contributed by atoms with E-state index in [1.165, 1.54) is 19.3 Å². The molecule has 0 aromatic carbocycles. The summed E-state index contributed by atoms with van der Waals surface area (Å²) in [4.78, 5) is 0. The molecule has 0 unspecified atom stereocenters. The Hall–Kier alpha value is 2.21. The van der Waals surface area contributed by atoms with Crippen molar-refractivity contribution in [2.75, 3.05) is 0 Å². The third kappa shape index (κ3) is 48.9. The molecule has 0 aliphatic heterocycles. The Kier molecular flexibility index (Phi) is 171. The summed E-state index contributed by atoms with van der Waals surface area (Å²) >= 11 is 0. The van der Waals surface area contributed by atoms with Gasteiger partial charge in [-0.2, -0.15) is 0 Å². The molecule has 0 fully saturated rings. The minimum atomic E-state index is 0. The van der Waals surface area contributed by atoms with Gasteiger partial charge in [0, 0.05) is 65.4 Å². The van der Waals surface area contributed by atoms with Crippen molar-refractivity contribution in [1.29, 1.82) is 0 Å². The monoisotopic (exact) mass is 295 g/mol. The molecule has 0 N–H and O–H groups in total. The summed E-state index contributed by atoms with van der Waals surface area (Å²) in [7, 11) is 0. The van der Waals surface area contributed by atoms with Crippen LogP contribution >= 0.6 is 0 Å². The SMILES string of the molecule is CCCCC.[CH3-].[CH3-].[CH3-].[Y].[Y]. The Balaban J connectivity index is -0.00000000800. The average molecular weight is 295 g/mol. The summed E-state index contributed by atoms with van der Waals surface area (Å²) in [5, 5.41) is 0. The van der Waals surface area contributed by atoms with Crippen molar-refractivity contribution in [2.24, 2.45) is 0 Å². The molecule has 0 saturated heterocycles. The molecule has 0 rings (SSSR count). The average Bonchev–Trinajstić information content (AvgIpc) is 1.41. The molecule has 0 nitrogen and oxygen atoms in total. The van der Waals surface area contributed by atoms with Gasteiger partial charge in [0.1, 0.15) is 0 Å². The summed E-state index contributed by atoms with van der Waals surface area (Å²) in [6.07, 6.45) is 4.08. The quantitative estimate of drug-likeness (QED) is 0.684. The van der Waals surface area contributed by atoms with E-state index in [2.05, 4.69) is 13.8 Å². The van der Waals surface area contributed by atoms with Gasteiger partial charge >= 0.3 is 0 Å². The molecule has 0 spiro atoms. The standard InChI is InChI=1S/C5H12.3CH3.2Y/c1-3-5-4-2;;;;;/h3-5H2,1-2H3;3*1H3;;/q;3*-1;;. The first kappa shape index (κ1) is 39.8. The first-order valence-corrected chi connectivity index (χ1v) is 2.41. The van der Waals surface area contributed by atoms with E-state index < -0.39 is 0 Å². The number of rotatable bonds is 2. The maximum atomic E-state index is 2.21. The van der Waals surface area contributed by atoms with Crippen LogP contribution in [-0.2, 0) is 65.4 Å². The van der Waals surface area contributed by atoms with Gasteiger partial charge in [0.25, 0.3) is 0 Å². The van der Waals surface area contributed by atoms with Crippen LogP contribution in [0.15, 0.2) is 0 Å². The smallest absolute Gasteiger partial charge is 0 e. The molecule has 2 heteroatoms. The van der Waals surface area contributed by atoms with Crippen molar-refractivity contribution < 1.29 is 65.4 Å². The van der Waals surface area contributed by atoms with Crippen LogP contribution in [-0.4, -0.2) is 0 Å². The van der Waals surface area contributed by atoms with E-state index >= 15 is 0 Å².